The molecule has 0 aromatic carbocycles. The average molecular weight is 169 g/mol. The van der Waals surface area contributed by atoms with Crippen molar-refractivity contribution in [3.63, 3.8) is 0 Å². The normalized spacial score (nSPS) is 11.3. The SMILES string of the molecule is CCOCO[SiH2]CCCl. The smallest absolute Gasteiger partial charge is 0.165 e. The van der Waals surface area contributed by atoms with E-state index in [4.69, 9.17) is 20.8 Å². The highest BCUT2D eigenvalue weighted by Gasteiger charge is 1.85. The van der Waals surface area contributed by atoms with Crippen LogP contribution in [-0.4, -0.2) is 29.0 Å². The second-order valence-electron chi connectivity index (χ2n) is 1.56. The second-order valence-corrected chi connectivity index (χ2v) is 3.46. The Morgan fingerprint density at radius 3 is 2.89 bits per heavy atom. The molecule has 9 heavy (non-hydrogen) atoms. The van der Waals surface area contributed by atoms with Gasteiger partial charge >= 0.3 is 0 Å². The van der Waals surface area contributed by atoms with Gasteiger partial charge in [0.15, 0.2) is 9.76 Å². The molecule has 0 atom stereocenters. The third-order valence-corrected chi connectivity index (χ3v) is 2.61. The number of alkyl halides is 1. The molecule has 0 saturated carbocycles. The summed E-state index contributed by atoms with van der Waals surface area (Å²) in [6.45, 7) is 3.14. The van der Waals surface area contributed by atoms with Crippen molar-refractivity contribution in [2.75, 3.05) is 19.3 Å². The van der Waals surface area contributed by atoms with Crippen molar-refractivity contribution in [1.82, 2.24) is 0 Å². The molecule has 0 spiro atoms. The molecular formula is C5H13ClO2Si. The first-order valence-electron chi connectivity index (χ1n) is 3.13. The third kappa shape index (κ3) is 8.43. The van der Waals surface area contributed by atoms with Gasteiger partial charge in [-0.25, -0.2) is 0 Å². The topological polar surface area (TPSA) is 18.5 Å². The van der Waals surface area contributed by atoms with E-state index in [1.807, 2.05) is 6.92 Å². The van der Waals surface area contributed by atoms with Crippen molar-refractivity contribution < 1.29 is 9.16 Å². The Morgan fingerprint density at radius 2 is 2.33 bits per heavy atom. The van der Waals surface area contributed by atoms with Crippen LogP contribution in [0.3, 0.4) is 0 Å². The molecule has 0 heterocycles. The second kappa shape index (κ2) is 8.43. The van der Waals surface area contributed by atoms with Crippen LogP contribution < -0.4 is 0 Å². The van der Waals surface area contributed by atoms with E-state index in [-0.39, 0.29) is 9.76 Å². The number of hydrogen-bond donors (Lipinski definition) is 0. The lowest BCUT2D eigenvalue weighted by atomic mass is 10.9. The molecule has 0 fully saturated rings. The zero-order chi connectivity index (χ0) is 6.95. The van der Waals surface area contributed by atoms with Crippen LogP contribution in [0, 0.1) is 0 Å². The Labute approximate surface area is 63.4 Å². The molecule has 0 rings (SSSR count). The summed E-state index contributed by atoms with van der Waals surface area (Å²) in [4.78, 5) is 0. The van der Waals surface area contributed by atoms with Crippen LogP contribution in [0.15, 0.2) is 0 Å². The largest absolute Gasteiger partial charge is 0.402 e. The van der Waals surface area contributed by atoms with Gasteiger partial charge in [0.25, 0.3) is 0 Å². The van der Waals surface area contributed by atoms with Gasteiger partial charge in [0.2, 0.25) is 0 Å². The molecule has 0 radical (unpaired) electrons. The summed E-state index contributed by atoms with van der Waals surface area (Å²) in [5.41, 5.74) is 0. The molecule has 0 aliphatic rings. The Balaban J connectivity index is 2.60. The van der Waals surface area contributed by atoms with Crippen LogP contribution in [0.5, 0.6) is 0 Å². The maximum absolute atomic E-state index is 5.43. The van der Waals surface area contributed by atoms with Crippen molar-refractivity contribution in [2.45, 2.75) is 13.0 Å². The lowest BCUT2D eigenvalue weighted by molar-refractivity contribution is 0.0244. The van der Waals surface area contributed by atoms with Gasteiger partial charge in [-0.2, -0.15) is 0 Å². The van der Waals surface area contributed by atoms with Gasteiger partial charge in [-0.1, -0.05) is 0 Å². The van der Waals surface area contributed by atoms with Crippen LogP contribution >= 0.6 is 11.6 Å². The fourth-order valence-corrected chi connectivity index (χ4v) is 1.23. The van der Waals surface area contributed by atoms with E-state index in [2.05, 4.69) is 0 Å². The molecule has 0 aromatic rings. The first-order chi connectivity index (χ1) is 4.41. The molecule has 56 valence electrons. The van der Waals surface area contributed by atoms with Gasteiger partial charge in [0.1, 0.15) is 6.79 Å². The first-order valence-corrected chi connectivity index (χ1v) is 5.24. The van der Waals surface area contributed by atoms with Crippen molar-refractivity contribution in [3.8, 4) is 0 Å². The monoisotopic (exact) mass is 168 g/mol. The van der Waals surface area contributed by atoms with Gasteiger partial charge in [-0.05, 0) is 13.0 Å². The molecular weight excluding hydrogens is 156 g/mol. The quantitative estimate of drug-likeness (QED) is 0.252. The van der Waals surface area contributed by atoms with Gasteiger partial charge in [0.05, 0.1) is 0 Å². The van der Waals surface area contributed by atoms with Gasteiger partial charge in [0, 0.05) is 12.5 Å². The third-order valence-electron chi connectivity index (χ3n) is 0.793. The highest BCUT2D eigenvalue weighted by atomic mass is 35.5. The predicted octanol–water partition coefficient (Wildman–Crippen LogP) is 0.738. The number of ether oxygens (including phenoxy) is 1. The summed E-state index contributed by atoms with van der Waals surface area (Å²) in [6, 6.07) is 1.04. The summed E-state index contributed by atoms with van der Waals surface area (Å²) in [5.74, 6) is 0.721. The molecule has 0 aliphatic carbocycles. The fraction of sp³-hybridized carbons (Fsp3) is 1.00. The predicted molar refractivity (Wildman–Crippen MR) is 41.6 cm³/mol. The molecule has 0 bridgehead atoms. The van der Waals surface area contributed by atoms with E-state index < -0.39 is 0 Å². The molecule has 0 aliphatic heterocycles. The molecule has 2 nitrogen and oxygen atoms in total. The van der Waals surface area contributed by atoms with Crippen LogP contribution in [0.2, 0.25) is 6.04 Å². The molecule has 0 saturated heterocycles. The van der Waals surface area contributed by atoms with Crippen LogP contribution in [0.1, 0.15) is 6.92 Å². The van der Waals surface area contributed by atoms with Gasteiger partial charge < -0.3 is 9.16 Å². The zero-order valence-electron chi connectivity index (χ0n) is 5.73. The van der Waals surface area contributed by atoms with E-state index in [1.54, 1.807) is 0 Å². The van der Waals surface area contributed by atoms with Crippen molar-refractivity contribution in [2.24, 2.45) is 0 Å². The number of hydrogen-bond acceptors (Lipinski definition) is 2. The van der Waals surface area contributed by atoms with Gasteiger partial charge in [-0.3, -0.25) is 0 Å². The zero-order valence-corrected chi connectivity index (χ0v) is 7.90. The number of rotatable bonds is 6. The molecule has 0 amide bonds. The highest BCUT2D eigenvalue weighted by Crippen LogP contribution is 1.84. The van der Waals surface area contributed by atoms with E-state index in [1.165, 1.54) is 0 Å². The highest BCUT2D eigenvalue weighted by molar-refractivity contribution is 6.31. The molecule has 0 aromatic heterocycles. The summed E-state index contributed by atoms with van der Waals surface area (Å²) >= 11 is 5.43. The Bertz CT molecular complexity index is 48.2. The van der Waals surface area contributed by atoms with E-state index in [0.29, 0.717) is 6.79 Å². The number of halogens is 1. The lowest BCUT2D eigenvalue weighted by Crippen LogP contribution is -2.03. The molecule has 0 N–H and O–H groups in total. The van der Waals surface area contributed by atoms with Crippen molar-refractivity contribution >= 4 is 21.4 Å². The summed E-state index contributed by atoms with van der Waals surface area (Å²) in [5, 5.41) is 0. The van der Waals surface area contributed by atoms with E-state index >= 15 is 0 Å². The van der Waals surface area contributed by atoms with E-state index in [0.717, 1.165) is 18.5 Å². The van der Waals surface area contributed by atoms with Crippen molar-refractivity contribution in [1.29, 1.82) is 0 Å². The minimum absolute atomic E-state index is 0.366. The van der Waals surface area contributed by atoms with E-state index in [9.17, 15) is 0 Å². The van der Waals surface area contributed by atoms with Gasteiger partial charge in [-0.15, -0.1) is 11.6 Å². The Morgan fingerprint density at radius 1 is 1.56 bits per heavy atom. The van der Waals surface area contributed by atoms with Crippen LogP contribution in [0.25, 0.3) is 0 Å². The minimum Gasteiger partial charge on any atom is -0.402 e. The van der Waals surface area contributed by atoms with Crippen LogP contribution in [0.4, 0.5) is 0 Å². The average Bonchev–Trinajstić information content (AvgIpc) is 1.89. The summed E-state index contributed by atoms with van der Waals surface area (Å²) < 4.78 is 10.1. The maximum atomic E-state index is 5.43. The minimum atomic E-state index is -0.366. The summed E-state index contributed by atoms with van der Waals surface area (Å²) in [6.07, 6.45) is 0. The first kappa shape index (κ1) is 9.43. The Hall–Kier alpha value is 0.427. The standard InChI is InChI=1S/C5H13ClO2Si/c1-2-7-5-8-9-4-3-6/h2-5,9H2,1H3. The molecule has 0 unspecified atom stereocenters. The Kier molecular flexibility index (Phi) is 8.83. The van der Waals surface area contributed by atoms with Crippen molar-refractivity contribution in [3.05, 3.63) is 0 Å². The maximum Gasteiger partial charge on any atom is 0.165 e. The lowest BCUT2D eigenvalue weighted by Gasteiger charge is -2.00. The fourth-order valence-electron chi connectivity index (χ4n) is 0.358. The summed E-state index contributed by atoms with van der Waals surface area (Å²) in [7, 11) is -0.366. The molecule has 4 heteroatoms. The van der Waals surface area contributed by atoms with Crippen LogP contribution in [-0.2, 0) is 9.16 Å².